The molecule has 0 aliphatic heterocycles. The topological polar surface area (TPSA) is 56.7 Å². The number of hydrogen-bond donors (Lipinski definition) is 3. The maximum atomic E-state index is 13.2. The minimum Gasteiger partial charge on any atom is -0.383 e. The van der Waals surface area contributed by atoms with Crippen LogP contribution in [0.2, 0.25) is 0 Å². The van der Waals surface area contributed by atoms with E-state index in [1.54, 1.807) is 6.92 Å². The highest BCUT2D eigenvalue weighted by atomic mass is 32.1. The summed E-state index contributed by atoms with van der Waals surface area (Å²) < 4.78 is 26.4. The lowest BCUT2D eigenvalue weighted by Crippen LogP contribution is -2.39. The molecule has 0 aliphatic rings. The van der Waals surface area contributed by atoms with Crippen LogP contribution in [0.1, 0.15) is 24.3 Å². The number of aliphatic imine (C=N–C) groups is 1. The lowest BCUT2D eigenvalue weighted by atomic mass is 10.1. The molecule has 1 unspecified atom stereocenters. The molecule has 0 bridgehead atoms. The second-order valence-corrected chi connectivity index (χ2v) is 6.85. The van der Waals surface area contributed by atoms with Crippen LogP contribution in [0.15, 0.2) is 40.7 Å². The first-order valence-corrected chi connectivity index (χ1v) is 9.02. The molecule has 25 heavy (non-hydrogen) atoms. The standard InChI is InChI=1S/C18H23F2N3OS/c1-3-21-17(23-12-18(2,24)16-5-4-8-25-16)22-7-6-13-9-14(19)11-15(20)10-13/h4-5,8-11,24H,3,6-7,12H2,1-2H3,(H2,21,22,23). The molecule has 2 aromatic rings. The smallest absolute Gasteiger partial charge is 0.191 e. The van der Waals surface area contributed by atoms with Gasteiger partial charge in [-0.15, -0.1) is 11.3 Å². The van der Waals surface area contributed by atoms with Gasteiger partial charge in [0.2, 0.25) is 0 Å². The van der Waals surface area contributed by atoms with Gasteiger partial charge in [0, 0.05) is 24.0 Å². The number of guanidine groups is 1. The Hall–Kier alpha value is -1.99. The summed E-state index contributed by atoms with van der Waals surface area (Å²) >= 11 is 1.48. The van der Waals surface area contributed by atoms with E-state index < -0.39 is 17.2 Å². The number of rotatable bonds is 7. The first-order chi connectivity index (χ1) is 11.9. The molecular weight excluding hydrogens is 344 g/mol. The Labute approximate surface area is 150 Å². The first kappa shape index (κ1) is 19.3. The average Bonchev–Trinajstić information content (AvgIpc) is 3.07. The Morgan fingerprint density at radius 3 is 2.56 bits per heavy atom. The van der Waals surface area contributed by atoms with Crippen LogP contribution in [0.4, 0.5) is 8.78 Å². The molecule has 0 amide bonds. The molecule has 0 spiro atoms. The molecule has 1 atom stereocenters. The van der Waals surface area contributed by atoms with Crippen molar-refractivity contribution in [2.75, 3.05) is 19.6 Å². The monoisotopic (exact) mass is 367 g/mol. The third-order valence-corrected chi connectivity index (χ3v) is 4.69. The van der Waals surface area contributed by atoms with Crippen molar-refractivity contribution in [3.63, 3.8) is 0 Å². The molecule has 7 heteroatoms. The Balaban J connectivity index is 1.93. The lowest BCUT2D eigenvalue weighted by Gasteiger charge is -2.20. The summed E-state index contributed by atoms with van der Waals surface area (Å²) in [6.07, 6.45) is 0.459. The van der Waals surface area contributed by atoms with E-state index in [1.807, 2.05) is 24.4 Å². The van der Waals surface area contributed by atoms with Gasteiger partial charge in [-0.3, -0.25) is 0 Å². The molecule has 4 nitrogen and oxygen atoms in total. The molecule has 1 aromatic carbocycles. The predicted molar refractivity (Wildman–Crippen MR) is 97.9 cm³/mol. The number of aliphatic hydroxyl groups is 1. The summed E-state index contributed by atoms with van der Waals surface area (Å²) in [4.78, 5) is 5.26. The van der Waals surface area contributed by atoms with Gasteiger partial charge in [0.25, 0.3) is 0 Å². The molecule has 0 radical (unpaired) electrons. The Morgan fingerprint density at radius 1 is 1.24 bits per heavy atom. The number of halogens is 2. The maximum Gasteiger partial charge on any atom is 0.191 e. The molecule has 2 rings (SSSR count). The van der Waals surface area contributed by atoms with Crippen LogP contribution in [0.3, 0.4) is 0 Å². The Kier molecular flexibility index (Phi) is 6.90. The summed E-state index contributed by atoms with van der Waals surface area (Å²) in [5, 5.41) is 18.6. The van der Waals surface area contributed by atoms with Crippen molar-refractivity contribution in [1.29, 1.82) is 0 Å². The highest BCUT2D eigenvalue weighted by Crippen LogP contribution is 2.25. The van der Waals surface area contributed by atoms with Gasteiger partial charge in [-0.25, -0.2) is 13.8 Å². The van der Waals surface area contributed by atoms with Gasteiger partial charge in [-0.2, -0.15) is 0 Å². The van der Waals surface area contributed by atoms with E-state index in [0.29, 0.717) is 31.0 Å². The number of benzene rings is 1. The van der Waals surface area contributed by atoms with Crippen LogP contribution >= 0.6 is 11.3 Å². The molecule has 0 fully saturated rings. The predicted octanol–water partition coefficient (Wildman–Crippen LogP) is 3.03. The summed E-state index contributed by atoms with van der Waals surface area (Å²) in [6.45, 7) is 5.01. The van der Waals surface area contributed by atoms with Crippen molar-refractivity contribution in [2.45, 2.75) is 25.9 Å². The van der Waals surface area contributed by atoms with Crippen LogP contribution in [0, 0.1) is 11.6 Å². The van der Waals surface area contributed by atoms with E-state index in [1.165, 1.54) is 23.5 Å². The van der Waals surface area contributed by atoms with Gasteiger partial charge < -0.3 is 15.7 Å². The largest absolute Gasteiger partial charge is 0.383 e. The first-order valence-electron chi connectivity index (χ1n) is 8.14. The summed E-state index contributed by atoms with van der Waals surface area (Å²) in [7, 11) is 0. The third-order valence-electron chi connectivity index (χ3n) is 3.57. The summed E-state index contributed by atoms with van der Waals surface area (Å²) in [5.74, 6) is -0.610. The van der Waals surface area contributed by atoms with Crippen LogP contribution in [-0.2, 0) is 12.0 Å². The molecule has 0 saturated carbocycles. The van der Waals surface area contributed by atoms with Gasteiger partial charge in [0.05, 0.1) is 6.54 Å². The molecule has 3 N–H and O–H groups in total. The number of nitrogens with one attached hydrogen (secondary N) is 2. The van der Waals surface area contributed by atoms with Crippen molar-refractivity contribution in [3.8, 4) is 0 Å². The van der Waals surface area contributed by atoms with Gasteiger partial charge in [-0.1, -0.05) is 6.07 Å². The van der Waals surface area contributed by atoms with E-state index >= 15 is 0 Å². The van der Waals surface area contributed by atoms with Gasteiger partial charge in [0.1, 0.15) is 17.2 Å². The zero-order valence-electron chi connectivity index (χ0n) is 14.4. The van der Waals surface area contributed by atoms with Crippen LogP contribution in [0.5, 0.6) is 0 Å². The van der Waals surface area contributed by atoms with E-state index in [0.717, 1.165) is 10.9 Å². The summed E-state index contributed by atoms with van der Waals surface area (Å²) in [5.41, 5.74) is -0.464. The van der Waals surface area contributed by atoms with Gasteiger partial charge >= 0.3 is 0 Å². The average molecular weight is 367 g/mol. The van der Waals surface area contributed by atoms with E-state index in [2.05, 4.69) is 15.6 Å². The Morgan fingerprint density at radius 2 is 1.96 bits per heavy atom. The molecule has 0 aliphatic carbocycles. The molecule has 136 valence electrons. The zero-order valence-corrected chi connectivity index (χ0v) is 15.2. The zero-order chi connectivity index (χ0) is 18.3. The fourth-order valence-electron chi connectivity index (χ4n) is 2.32. The number of nitrogens with zero attached hydrogens (tertiary/aromatic N) is 1. The second kappa shape index (κ2) is 8.92. The quantitative estimate of drug-likeness (QED) is 0.521. The highest BCUT2D eigenvalue weighted by molar-refractivity contribution is 7.10. The molecular formula is C18H23F2N3OS. The lowest BCUT2D eigenvalue weighted by molar-refractivity contribution is 0.0711. The second-order valence-electron chi connectivity index (χ2n) is 5.90. The Bertz CT molecular complexity index is 682. The van der Waals surface area contributed by atoms with Crippen LogP contribution < -0.4 is 10.6 Å². The molecule has 1 aromatic heterocycles. The third kappa shape index (κ3) is 6.10. The maximum absolute atomic E-state index is 13.2. The summed E-state index contributed by atoms with van der Waals surface area (Å²) in [6, 6.07) is 7.25. The SMILES string of the molecule is CCNC(=NCC(C)(O)c1cccs1)NCCc1cc(F)cc(F)c1. The highest BCUT2D eigenvalue weighted by Gasteiger charge is 2.23. The van der Waals surface area contributed by atoms with E-state index in [4.69, 9.17) is 0 Å². The van der Waals surface area contributed by atoms with Crippen molar-refractivity contribution < 1.29 is 13.9 Å². The van der Waals surface area contributed by atoms with Crippen molar-refractivity contribution in [3.05, 3.63) is 57.8 Å². The minimum absolute atomic E-state index is 0.206. The van der Waals surface area contributed by atoms with Crippen LogP contribution in [0.25, 0.3) is 0 Å². The normalized spacial score (nSPS) is 14.2. The van der Waals surface area contributed by atoms with Gasteiger partial charge in [-0.05, 0) is 49.4 Å². The van der Waals surface area contributed by atoms with Crippen molar-refractivity contribution in [2.24, 2.45) is 4.99 Å². The number of thiophene rings is 1. The minimum atomic E-state index is -1.04. The van der Waals surface area contributed by atoms with E-state index in [9.17, 15) is 13.9 Å². The van der Waals surface area contributed by atoms with Crippen molar-refractivity contribution in [1.82, 2.24) is 10.6 Å². The number of hydrogen-bond acceptors (Lipinski definition) is 3. The fraction of sp³-hybridized carbons (Fsp3) is 0.389. The van der Waals surface area contributed by atoms with Crippen molar-refractivity contribution >= 4 is 17.3 Å². The molecule has 1 heterocycles. The molecule has 0 saturated heterocycles. The van der Waals surface area contributed by atoms with E-state index in [-0.39, 0.29) is 6.54 Å². The van der Waals surface area contributed by atoms with Crippen LogP contribution in [-0.4, -0.2) is 30.7 Å². The fourth-order valence-corrected chi connectivity index (χ4v) is 3.10. The van der Waals surface area contributed by atoms with Gasteiger partial charge in [0.15, 0.2) is 5.96 Å².